The van der Waals surface area contributed by atoms with Crippen molar-refractivity contribution in [2.75, 3.05) is 31.1 Å². The van der Waals surface area contributed by atoms with Crippen LogP contribution >= 0.6 is 0 Å². The van der Waals surface area contributed by atoms with Crippen molar-refractivity contribution in [3.8, 4) is 0 Å². The van der Waals surface area contributed by atoms with Crippen molar-refractivity contribution in [1.82, 2.24) is 10.3 Å². The van der Waals surface area contributed by atoms with Crippen molar-refractivity contribution in [2.24, 2.45) is 0 Å². The maximum atomic E-state index is 5.55. The number of pyridine rings is 1. The first-order chi connectivity index (χ1) is 9.75. The van der Waals surface area contributed by atoms with E-state index in [1.54, 1.807) is 0 Å². The van der Waals surface area contributed by atoms with Crippen molar-refractivity contribution in [3.63, 3.8) is 0 Å². The number of hydrogen-bond acceptors (Lipinski definition) is 4. The minimum atomic E-state index is 0.346. The first kappa shape index (κ1) is 15.3. The van der Waals surface area contributed by atoms with E-state index in [4.69, 9.17) is 4.74 Å². The Morgan fingerprint density at radius 1 is 1.30 bits per heavy atom. The van der Waals surface area contributed by atoms with Gasteiger partial charge in [0.05, 0.1) is 6.10 Å². The van der Waals surface area contributed by atoms with Gasteiger partial charge in [-0.3, -0.25) is 4.98 Å². The normalized spacial score (nSPS) is 16.9. The zero-order valence-electron chi connectivity index (χ0n) is 12.7. The fraction of sp³-hybridized carbons (Fsp3) is 0.688. The molecule has 1 aromatic heterocycles. The van der Waals surface area contributed by atoms with Gasteiger partial charge in [-0.05, 0) is 51.8 Å². The number of anilines is 1. The Kier molecular flexibility index (Phi) is 6.27. The van der Waals surface area contributed by atoms with E-state index < -0.39 is 0 Å². The van der Waals surface area contributed by atoms with Crippen LogP contribution in [-0.4, -0.2) is 43.4 Å². The van der Waals surface area contributed by atoms with Crippen LogP contribution in [0.15, 0.2) is 24.5 Å². The van der Waals surface area contributed by atoms with E-state index in [9.17, 15) is 0 Å². The van der Waals surface area contributed by atoms with E-state index in [2.05, 4.69) is 41.2 Å². The minimum Gasteiger partial charge on any atom is -0.379 e. The van der Waals surface area contributed by atoms with Gasteiger partial charge in [-0.2, -0.15) is 0 Å². The van der Waals surface area contributed by atoms with E-state index in [-0.39, 0.29) is 0 Å². The Bertz CT molecular complexity index is 361. The third-order valence-corrected chi connectivity index (χ3v) is 3.73. The van der Waals surface area contributed by atoms with Gasteiger partial charge in [0.2, 0.25) is 0 Å². The SMILES string of the molecule is CC(C)OCCCNC1CCN(c2ccncc2)CC1. The lowest BCUT2D eigenvalue weighted by atomic mass is 10.0. The van der Waals surface area contributed by atoms with Crippen LogP contribution in [0.5, 0.6) is 0 Å². The molecule has 0 aliphatic carbocycles. The first-order valence-corrected chi connectivity index (χ1v) is 7.75. The fourth-order valence-corrected chi connectivity index (χ4v) is 2.59. The standard InChI is InChI=1S/C16H27N3O/c1-14(2)20-13-3-8-18-15-6-11-19(12-7-15)16-4-9-17-10-5-16/h4-5,9-10,14-15,18H,3,6-8,11-13H2,1-2H3. The number of hydrogen-bond donors (Lipinski definition) is 1. The number of nitrogens with one attached hydrogen (secondary N) is 1. The number of aromatic nitrogens is 1. The Morgan fingerprint density at radius 2 is 2.00 bits per heavy atom. The Morgan fingerprint density at radius 3 is 2.65 bits per heavy atom. The van der Waals surface area contributed by atoms with Gasteiger partial charge in [-0.15, -0.1) is 0 Å². The molecule has 0 bridgehead atoms. The molecular formula is C16H27N3O. The molecule has 112 valence electrons. The summed E-state index contributed by atoms with van der Waals surface area (Å²) in [5, 5.41) is 3.65. The minimum absolute atomic E-state index is 0.346. The molecule has 1 N–H and O–H groups in total. The lowest BCUT2D eigenvalue weighted by Gasteiger charge is -2.34. The van der Waals surface area contributed by atoms with E-state index in [0.29, 0.717) is 12.1 Å². The largest absolute Gasteiger partial charge is 0.379 e. The van der Waals surface area contributed by atoms with Gasteiger partial charge in [0.1, 0.15) is 0 Å². The highest BCUT2D eigenvalue weighted by Crippen LogP contribution is 2.18. The molecule has 0 atom stereocenters. The quantitative estimate of drug-likeness (QED) is 0.777. The summed E-state index contributed by atoms with van der Waals surface area (Å²) in [6.45, 7) is 8.35. The Labute approximate surface area is 122 Å². The van der Waals surface area contributed by atoms with Crippen LogP contribution in [0.4, 0.5) is 5.69 Å². The third-order valence-electron chi connectivity index (χ3n) is 3.73. The van der Waals surface area contributed by atoms with Crippen LogP contribution in [0, 0.1) is 0 Å². The highest BCUT2D eigenvalue weighted by molar-refractivity contribution is 5.44. The van der Waals surface area contributed by atoms with Crippen molar-refractivity contribution in [3.05, 3.63) is 24.5 Å². The van der Waals surface area contributed by atoms with Gasteiger partial charge in [-0.25, -0.2) is 0 Å². The molecule has 1 aliphatic heterocycles. The van der Waals surface area contributed by atoms with Crippen molar-refractivity contribution < 1.29 is 4.74 Å². The molecule has 4 nitrogen and oxygen atoms in total. The molecule has 0 radical (unpaired) electrons. The van der Waals surface area contributed by atoms with Crippen molar-refractivity contribution in [2.45, 2.75) is 45.3 Å². The summed E-state index contributed by atoms with van der Waals surface area (Å²) in [6.07, 6.45) is 7.62. The number of ether oxygens (including phenoxy) is 1. The average molecular weight is 277 g/mol. The lowest BCUT2D eigenvalue weighted by molar-refractivity contribution is 0.0765. The van der Waals surface area contributed by atoms with Crippen molar-refractivity contribution >= 4 is 5.69 Å². The van der Waals surface area contributed by atoms with E-state index >= 15 is 0 Å². The summed E-state index contributed by atoms with van der Waals surface area (Å²) in [7, 11) is 0. The molecule has 0 unspecified atom stereocenters. The lowest BCUT2D eigenvalue weighted by Crippen LogP contribution is -2.43. The molecule has 2 rings (SSSR count). The summed E-state index contributed by atoms with van der Waals surface area (Å²) in [5.41, 5.74) is 1.30. The second-order valence-corrected chi connectivity index (χ2v) is 5.69. The maximum Gasteiger partial charge on any atom is 0.0518 e. The van der Waals surface area contributed by atoms with E-state index in [0.717, 1.165) is 32.7 Å². The average Bonchev–Trinajstić information content (AvgIpc) is 2.48. The molecule has 0 amide bonds. The predicted octanol–water partition coefficient (Wildman–Crippen LogP) is 2.46. The Balaban J connectivity index is 1.60. The molecule has 2 heterocycles. The van der Waals surface area contributed by atoms with Crippen LogP contribution in [0.25, 0.3) is 0 Å². The summed E-state index contributed by atoms with van der Waals surface area (Å²) < 4.78 is 5.55. The monoisotopic (exact) mass is 277 g/mol. The second-order valence-electron chi connectivity index (χ2n) is 5.69. The van der Waals surface area contributed by atoms with Gasteiger partial charge in [0, 0.05) is 43.8 Å². The summed E-state index contributed by atoms with van der Waals surface area (Å²) in [4.78, 5) is 6.52. The molecule has 1 fully saturated rings. The van der Waals surface area contributed by atoms with Crippen molar-refractivity contribution in [1.29, 1.82) is 0 Å². The second kappa shape index (κ2) is 8.22. The van der Waals surface area contributed by atoms with Gasteiger partial charge < -0.3 is 15.0 Å². The first-order valence-electron chi connectivity index (χ1n) is 7.75. The predicted molar refractivity (Wildman–Crippen MR) is 83.2 cm³/mol. The fourth-order valence-electron chi connectivity index (χ4n) is 2.59. The summed E-state index contributed by atoms with van der Waals surface area (Å²) in [6, 6.07) is 4.85. The molecule has 1 aromatic rings. The smallest absolute Gasteiger partial charge is 0.0518 e. The summed E-state index contributed by atoms with van der Waals surface area (Å²) >= 11 is 0. The van der Waals surface area contributed by atoms with E-state index in [1.165, 1.54) is 18.5 Å². The number of nitrogens with zero attached hydrogens (tertiary/aromatic N) is 2. The summed E-state index contributed by atoms with van der Waals surface area (Å²) in [5.74, 6) is 0. The van der Waals surface area contributed by atoms with E-state index in [1.807, 2.05) is 12.4 Å². The maximum absolute atomic E-state index is 5.55. The molecule has 1 saturated heterocycles. The number of piperidine rings is 1. The zero-order chi connectivity index (χ0) is 14.2. The highest BCUT2D eigenvalue weighted by Gasteiger charge is 2.18. The van der Waals surface area contributed by atoms with Crippen LogP contribution in [0.3, 0.4) is 0 Å². The van der Waals surface area contributed by atoms with Gasteiger partial charge in [-0.1, -0.05) is 0 Å². The molecule has 0 spiro atoms. The van der Waals surface area contributed by atoms with Gasteiger partial charge in [0.25, 0.3) is 0 Å². The van der Waals surface area contributed by atoms with Gasteiger partial charge >= 0.3 is 0 Å². The topological polar surface area (TPSA) is 37.4 Å². The zero-order valence-corrected chi connectivity index (χ0v) is 12.7. The third kappa shape index (κ3) is 5.10. The van der Waals surface area contributed by atoms with Crippen LogP contribution < -0.4 is 10.2 Å². The Hall–Kier alpha value is -1.13. The molecule has 1 aliphatic rings. The molecule has 0 aromatic carbocycles. The molecular weight excluding hydrogens is 250 g/mol. The molecule has 4 heteroatoms. The highest BCUT2D eigenvalue weighted by atomic mass is 16.5. The van der Waals surface area contributed by atoms with Crippen LogP contribution in [-0.2, 0) is 4.74 Å². The number of rotatable bonds is 7. The molecule has 20 heavy (non-hydrogen) atoms. The molecule has 0 saturated carbocycles. The van der Waals surface area contributed by atoms with Crippen LogP contribution in [0.2, 0.25) is 0 Å². The van der Waals surface area contributed by atoms with Gasteiger partial charge in [0.15, 0.2) is 0 Å². The van der Waals surface area contributed by atoms with Crippen LogP contribution in [0.1, 0.15) is 33.1 Å².